The molecule has 1 aliphatic heterocycles. The van der Waals surface area contributed by atoms with E-state index in [1.54, 1.807) is 21.3 Å². The SMILES string of the molecule is CCC(OCC1CO1)[Si](OC)(OC)OC.[CH2-]CCC.[Li+]. The van der Waals surface area contributed by atoms with E-state index in [1.807, 2.05) is 6.92 Å². The van der Waals surface area contributed by atoms with Crippen LogP contribution in [0.5, 0.6) is 0 Å². The predicted octanol–water partition coefficient (Wildman–Crippen LogP) is -0.778. The van der Waals surface area contributed by atoms with E-state index in [0.29, 0.717) is 6.61 Å². The summed E-state index contributed by atoms with van der Waals surface area (Å²) in [6.07, 6.45) is 3.32. The van der Waals surface area contributed by atoms with Crippen LogP contribution < -0.4 is 18.9 Å². The zero-order valence-corrected chi connectivity index (χ0v) is 14.9. The van der Waals surface area contributed by atoms with E-state index in [-0.39, 0.29) is 30.7 Å². The molecule has 1 rings (SSSR count). The zero-order valence-electron chi connectivity index (χ0n) is 13.9. The average Bonchev–Trinajstić information content (AvgIpc) is 3.28. The maximum absolute atomic E-state index is 5.72. The minimum Gasteiger partial charge on any atom is -0.375 e. The van der Waals surface area contributed by atoms with Crippen LogP contribution in [0.4, 0.5) is 0 Å². The van der Waals surface area contributed by atoms with E-state index in [9.17, 15) is 0 Å². The van der Waals surface area contributed by atoms with E-state index in [1.165, 1.54) is 6.42 Å². The summed E-state index contributed by atoms with van der Waals surface area (Å²) in [6, 6.07) is 0. The van der Waals surface area contributed by atoms with Crippen molar-refractivity contribution < 1.29 is 41.6 Å². The standard InChI is InChI=1S/C9H20O5Si.C4H9.Li/c1-5-9(14-7-8-6-13-8)15(10-2,11-3)12-4;1-3-4-2;/h8-9H,5-7H2,1-4H3;1,3-4H2,2H3;/q;-1;+1. The molecule has 1 heterocycles. The molecule has 0 aromatic rings. The summed E-state index contributed by atoms with van der Waals surface area (Å²) < 4.78 is 26.9. The summed E-state index contributed by atoms with van der Waals surface area (Å²) in [5, 5.41) is 0. The third-order valence-electron chi connectivity index (χ3n) is 2.86. The second-order valence-electron chi connectivity index (χ2n) is 4.26. The summed E-state index contributed by atoms with van der Waals surface area (Å²) in [5.41, 5.74) is -0.123. The van der Waals surface area contributed by atoms with Gasteiger partial charge in [-0.15, -0.1) is 0 Å². The Morgan fingerprint density at radius 2 is 1.65 bits per heavy atom. The molecule has 2 atom stereocenters. The van der Waals surface area contributed by atoms with Gasteiger partial charge in [0.25, 0.3) is 0 Å². The van der Waals surface area contributed by atoms with Crippen LogP contribution in [0.15, 0.2) is 0 Å². The number of epoxide rings is 1. The molecule has 0 aromatic heterocycles. The largest absolute Gasteiger partial charge is 1.00 e. The van der Waals surface area contributed by atoms with E-state index < -0.39 is 8.80 Å². The fourth-order valence-corrected chi connectivity index (χ4v) is 3.59. The van der Waals surface area contributed by atoms with Crippen LogP contribution in [0.2, 0.25) is 0 Å². The van der Waals surface area contributed by atoms with Crippen LogP contribution in [-0.4, -0.2) is 55.2 Å². The second-order valence-corrected chi connectivity index (χ2v) is 7.33. The van der Waals surface area contributed by atoms with Crippen molar-refractivity contribution in [2.75, 3.05) is 34.5 Å². The third-order valence-corrected chi connectivity index (χ3v) is 5.93. The Hall–Kier alpha value is 0.614. The molecule has 2 unspecified atom stereocenters. The van der Waals surface area contributed by atoms with Gasteiger partial charge in [-0.2, -0.15) is 6.42 Å². The average molecular weight is 300 g/mol. The van der Waals surface area contributed by atoms with E-state index in [4.69, 9.17) is 22.8 Å². The molecule has 7 heteroatoms. The summed E-state index contributed by atoms with van der Waals surface area (Å²) in [6.45, 7) is 9.12. The van der Waals surface area contributed by atoms with Crippen molar-refractivity contribution in [3.05, 3.63) is 6.92 Å². The van der Waals surface area contributed by atoms with Gasteiger partial charge in [-0.1, -0.05) is 20.3 Å². The Labute approximate surface area is 137 Å². The molecule has 1 fully saturated rings. The van der Waals surface area contributed by atoms with E-state index in [0.717, 1.165) is 19.4 Å². The van der Waals surface area contributed by atoms with Crippen LogP contribution in [0.3, 0.4) is 0 Å². The first-order valence-corrected chi connectivity index (χ1v) is 8.62. The predicted molar refractivity (Wildman–Crippen MR) is 76.8 cm³/mol. The summed E-state index contributed by atoms with van der Waals surface area (Å²) in [4.78, 5) is 0. The first-order chi connectivity index (χ1) is 9.13. The number of ether oxygens (including phenoxy) is 2. The molecule has 0 spiro atoms. The molecule has 20 heavy (non-hydrogen) atoms. The fourth-order valence-electron chi connectivity index (χ4n) is 1.50. The van der Waals surface area contributed by atoms with Crippen LogP contribution >= 0.6 is 0 Å². The monoisotopic (exact) mass is 300 g/mol. The van der Waals surface area contributed by atoms with Gasteiger partial charge in [0.05, 0.1) is 13.2 Å². The molecular formula is C13H29LiO5Si. The van der Waals surface area contributed by atoms with Gasteiger partial charge in [0, 0.05) is 21.3 Å². The maximum atomic E-state index is 5.72. The smallest absolute Gasteiger partial charge is 0.375 e. The molecule has 116 valence electrons. The van der Waals surface area contributed by atoms with Crippen LogP contribution in [0, 0.1) is 6.92 Å². The van der Waals surface area contributed by atoms with Crippen molar-refractivity contribution in [1.82, 2.24) is 0 Å². The van der Waals surface area contributed by atoms with E-state index in [2.05, 4.69) is 13.8 Å². The topological polar surface area (TPSA) is 49.5 Å². The Kier molecular flexibility index (Phi) is 15.2. The van der Waals surface area contributed by atoms with Crippen molar-refractivity contribution in [3.8, 4) is 0 Å². The Bertz CT molecular complexity index is 203. The molecule has 0 N–H and O–H groups in total. The van der Waals surface area contributed by atoms with Crippen LogP contribution in [-0.2, 0) is 22.8 Å². The van der Waals surface area contributed by atoms with Crippen LogP contribution in [0.1, 0.15) is 33.1 Å². The Balaban J connectivity index is 0. The number of hydrogen-bond acceptors (Lipinski definition) is 5. The molecule has 0 aromatic carbocycles. The van der Waals surface area contributed by atoms with Gasteiger partial charge in [0.1, 0.15) is 11.8 Å². The van der Waals surface area contributed by atoms with Crippen LogP contribution in [0.25, 0.3) is 0 Å². The van der Waals surface area contributed by atoms with Crippen molar-refractivity contribution in [2.24, 2.45) is 0 Å². The van der Waals surface area contributed by atoms with Gasteiger partial charge >= 0.3 is 27.7 Å². The molecule has 5 nitrogen and oxygen atoms in total. The van der Waals surface area contributed by atoms with Crippen molar-refractivity contribution in [3.63, 3.8) is 0 Å². The summed E-state index contributed by atoms with van der Waals surface area (Å²) in [7, 11) is 2.12. The van der Waals surface area contributed by atoms with Gasteiger partial charge in [0.2, 0.25) is 0 Å². The van der Waals surface area contributed by atoms with Gasteiger partial charge in [-0.25, -0.2) is 0 Å². The Morgan fingerprint density at radius 3 is 1.90 bits per heavy atom. The van der Waals surface area contributed by atoms with Crippen molar-refractivity contribution in [2.45, 2.75) is 44.9 Å². The van der Waals surface area contributed by atoms with Gasteiger partial charge in [0.15, 0.2) is 0 Å². The molecule has 1 aliphatic rings. The number of rotatable bonds is 9. The molecule has 1 saturated heterocycles. The fraction of sp³-hybridized carbons (Fsp3) is 0.923. The van der Waals surface area contributed by atoms with Gasteiger partial charge in [-0.3, -0.25) is 0 Å². The molecule has 0 saturated carbocycles. The summed E-state index contributed by atoms with van der Waals surface area (Å²) in [5.74, 6) is 0. The maximum Gasteiger partial charge on any atom is 1.00 e. The molecule has 0 bridgehead atoms. The van der Waals surface area contributed by atoms with Crippen molar-refractivity contribution >= 4 is 8.80 Å². The number of unbranched alkanes of at least 4 members (excludes halogenated alkanes) is 1. The molecule has 0 amide bonds. The summed E-state index contributed by atoms with van der Waals surface area (Å²) >= 11 is 0. The van der Waals surface area contributed by atoms with E-state index >= 15 is 0 Å². The third kappa shape index (κ3) is 8.15. The van der Waals surface area contributed by atoms with Gasteiger partial charge in [-0.05, 0) is 6.42 Å². The molecule has 0 radical (unpaired) electrons. The van der Waals surface area contributed by atoms with Gasteiger partial charge < -0.3 is 29.7 Å². The Morgan fingerprint density at radius 1 is 1.20 bits per heavy atom. The first-order valence-electron chi connectivity index (χ1n) is 6.81. The second kappa shape index (κ2) is 13.3. The first kappa shape index (κ1) is 22.9. The van der Waals surface area contributed by atoms with Crippen molar-refractivity contribution in [1.29, 1.82) is 0 Å². The minimum atomic E-state index is -2.66. The normalized spacial score (nSPS) is 18.6. The molecular weight excluding hydrogens is 271 g/mol. The zero-order chi connectivity index (χ0) is 14.7. The minimum absolute atomic E-state index is 0. The molecule has 0 aliphatic carbocycles. The number of hydrogen-bond donors (Lipinski definition) is 0. The quantitative estimate of drug-likeness (QED) is 0.318.